The zero-order valence-corrected chi connectivity index (χ0v) is 15.4. The highest BCUT2D eigenvalue weighted by Crippen LogP contribution is 2.25. The van der Waals surface area contributed by atoms with E-state index in [9.17, 15) is 4.79 Å². The van der Waals surface area contributed by atoms with Crippen LogP contribution in [0.25, 0.3) is 0 Å². The molecule has 1 saturated heterocycles. The monoisotopic (exact) mass is 354 g/mol. The Morgan fingerprint density at radius 3 is 2.85 bits per heavy atom. The molecule has 1 N–H and O–H groups in total. The van der Waals surface area contributed by atoms with Crippen LogP contribution in [-0.4, -0.2) is 44.2 Å². The zero-order valence-electron chi connectivity index (χ0n) is 15.4. The summed E-state index contributed by atoms with van der Waals surface area (Å²) < 4.78 is 11.2. The molecule has 2 aromatic rings. The average Bonchev–Trinajstić information content (AvgIpc) is 2.67. The van der Waals surface area contributed by atoms with Gasteiger partial charge in [-0.15, -0.1) is 0 Å². The highest BCUT2D eigenvalue weighted by Gasteiger charge is 2.22. The van der Waals surface area contributed by atoms with E-state index in [0.717, 1.165) is 24.3 Å². The van der Waals surface area contributed by atoms with Crippen molar-refractivity contribution in [1.29, 1.82) is 0 Å². The summed E-state index contributed by atoms with van der Waals surface area (Å²) in [6.45, 7) is 5.06. The quantitative estimate of drug-likeness (QED) is 0.864. The van der Waals surface area contributed by atoms with E-state index < -0.39 is 0 Å². The van der Waals surface area contributed by atoms with E-state index >= 15 is 0 Å². The molecular formula is C21H26N2O3. The fraction of sp³-hybridized carbons (Fsp3) is 0.381. The number of nitrogens with one attached hydrogen (secondary N) is 1. The van der Waals surface area contributed by atoms with Gasteiger partial charge in [0.1, 0.15) is 5.75 Å². The Hall–Kier alpha value is -2.37. The van der Waals surface area contributed by atoms with Crippen LogP contribution in [0, 0.1) is 6.92 Å². The molecule has 0 radical (unpaired) electrons. The molecule has 1 heterocycles. The molecule has 0 aliphatic carbocycles. The second-order valence-corrected chi connectivity index (χ2v) is 6.57. The third-order valence-electron chi connectivity index (χ3n) is 4.61. The number of benzene rings is 2. The molecule has 5 nitrogen and oxygen atoms in total. The van der Waals surface area contributed by atoms with Crippen molar-refractivity contribution in [3.05, 3.63) is 59.7 Å². The summed E-state index contributed by atoms with van der Waals surface area (Å²) in [6.07, 6.45) is 0.517. The van der Waals surface area contributed by atoms with Gasteiger partial charge in [-0.25, -0.2) is 0 Å². The topological polar surface area (TPSA) is 50.8 Å². The molecule has 0 aromatic heterocycles. The van der Waals surface area contributed by atoms with Gasteiger partial charge in [-0.2, -0.15) is 0 Å². The van der Waals surface area contributed by atoms with Crippen molar-refractivity contribution in [3.8, 4) is 5.75 Å². The maximum atomic E-state index is 12.4. The van der Waals surface area contributed by atoms with Crippen LogP contribution in [0.15, 0.2) is 48.5 Å². The van der Waals surface area contributed by atoms with Gasteiger partial charge in [0.15, 0.2) is 0 Å². The Labute approximate surface area is 154 Å². The van der Waals surface area contributed by atoms with E-state index in [1.807, 2.05) is 43.3 Å². The van der Waals surface area contributed by atoms with Crippen LogP contribution < -0.4 is 10.1 Å². The molecule has 138 valence electrons. The summed E-state index contributed by atoms with van der Waals surface area (Å²) in [4.78, 5) is 14.6. The zero-order chi connectivity index (χ0) is 18.4. The smallest absolute Gasteiger partial charge is 0.225 e. The number of carbonyl (C=O) groups is 1. The second kappa shape index (κ2) is 8.83. The number of carbonyl (C=O) groups excluding carboxylic acids is 1. The maximum Gasteiger partial charge on any atom is 0.225 e. The number of morpholine rings is 1. The van der Waals surface area contributed by atoms with Crippen LogP contribution in [0.4, 0.5) is 5.69 Å². The number of anilines is 1. The van der Waals surface area contributed by atoms with Crippen LogP contribution in [-0.2, 0) is 9.53 Å². The molecule has 0 spiro atoms. The van der Waals surface area contributed by atoms with Gasteiger partial charge in [0.05, 0.1) is 25.5 Å². The van der Waals surface area contributed by atoms with Gasteiger partial charge in [-0.3, -0.25) is 9.69 Å². The van der Waals surface area contributed by atoms with Crippen molar-refractivity contribution in [2.45, 2.75) is 19.4 Å². The van der Waals surface area contributed by atoms with E-state index in [1.165, 1.54) is 5.56 Å². The van der Waals surface area contributed by atoms with Crippen molar-refractivity contribution in [2.24, 2.45) is 0 Å². The lowest BCUT2D eigenvalue weighted by atomic mass is 10.1. The minimum atomic E-state index is -0.00310. The standard InChI is InChI=1S/C21H26N2O3/c1-16-8-9-19(25-2)18(14-16)22-21(24)10-11-23-12-13-26-20(15-23)17-6-4-3-5-7-17/h3-9,14,20H,10-13,15H2,1-2H3,(H,22,24)/t20-/m0/s1. The van der Waals surface area contributed by atoms with Crippen molar-refractivity contribution in [3.63, 3.8) is 0 Å². The first kappa shape index (κ1) is 18.4. The lowest BCUT2D eigenvalue weighted by Crippen LogP contribution is -2.39. The minimum absolute atomic E-state index is 0.00310. The van der Waals surface area contributed by atoms with Gasteiger partial charge in [-0.1, -0.05) is 36.4 Å². The van der Waals surface area contributed by atoms with Crippen molar-refractivity contribution < 1.29 is 14.3 Å². The molecule has 1 fully saturated rings. The molecule has 26 heavy (non-hydrogen) atoms. The van der Waals surface area contributed by atoms with Crippen LogP contribution in [0.3, 0.4) is 0 Å². The molecular weight excluding hydrogens is 328 g/mol. The van der Waals surface area contributed by atoms with Crippen LogP contribution in [0.2, 0.25) is 0 Å². The lowest BCUT2D eigenvalue weighted by Gasteiger charge is -2.33. The van der Waals surface area contributed by atoms with Gasteiger partial charge in [0.2, 0.25) is 5.91 Å². The van der Waals surface area contributed by atoms with Gasteiger partial charge in [0.25, 0.3) is 0 Å². The van der Waals surface area contributed by atoms with E-state index in [4.69, 9.17) is 9.47 Å². The fourth-order valence-electron chi connectivity index (χ4n) is 3.17. The molecule has 1 aliphatic rings. The van der Waals surface area contributed by atoms with E-state index in [0.29, 0.717) is 25.3 Å². The summed E-state index contributed by atoms with van der Waals surface area (Å²) in [5.41, 5.74) is 2.99. The van der Waals surface area contributed by atoms with E-state index in [2.05, 4.69) is 22.3 Å². The summed E-state index contributed by atoms with van der Waals surface area (Å²) in [5, 5.41) is 2.96. The Morgan fingerprint density at radius 1 is 1.27 bits per heavy atom. The number of hydrogen-bond donors (Lipinski definition) is 1. The normalized spacial score (nSPS) is 17.7. The number of amides is 1. The molecule has 5 heteroatoms. The summed E-state index contributed by atoms with van der Waals surface area (Å²) in [7, 11) is 1.61. The van der Waals surface area contributed by atoms with Gasteiger partial charge in [-0.05, 0) is 30.2 Å². The Bertz CT molecular complexity index is 733. The fourth-order valence-corrected chi connectivity index (χ4v) is 3.17. The van der Waals surface area contributed by atoms with Crippen molar-refractivity contribution >= 4 is 11.6 Å². The molecule has 2 aromatic carbocycles. The van der Waals surface area contributed by atoms with Crippen molar-refractivity contribution in [1.82, 2.24) is 4.90 Å². The average molecular weight is 354 g/mol. The highest BCUT2D eigenvalue weighted by atomic mass is 16.5. The molecule has 0 unspecified atom stereocenters. The third kappa shape index (κ3) is 4.84. The van der Waals surface area contributed by atoms with Gasteiger partial charge in [0, 0.05) is 26.1 Å². The number of methoxy groups -OCH3 is 1. The highest BCUT2D eigenvalue weighted by molar-refractivity contribution is 5.92. The Balaban J connectivity index is 1.52. The molecule has 0 saturated carbocycles. The number of rotatable bonds is 6. The Morgan fingerprint density at radius 2 is 2.08 bits per heavy atom. The Kier molecular flexibility index (Phi) is 6.26. The number of hydrogen-bond acceptors (Lipinski definition) is 4. The first-order valence-electron chi connectivity index (χ1n) is 8.99. The van der Waals surface area contributed by atoms with Crippen LogP contribution in [0.5, 0.6) is 5.75 Å². The van der Waals surface area contributed by atoms with E-state index in [-0.39, 0.29) is 12.0 Å². The maximum absolute atomic E-state index is 12.4. The predicted molar refractivity (Wildman–Crippen MR) is 103 cm³/mol. The van der Waals surface area contributed by atoms with Gasteiger partial charge < -0.3 is 14.8 Å². The van der Waals surface area contributed by atoms with Crippen molar-refractivity contribution in [2.75, 3.05) is 38.7 Å². The molecule has 0 bridgehead atoms. The van der Waals surface area contributed by atoms with Crippen LogP contribution >= 0.6 is 0 Å². The van der Waals surface area contributed by atoms with Crippen LogP contribution in [0.1, 0.15) is 23.7 Å². The largest absolute Gasteiger partial charge is 0.495 e. The number of ether oxygens (including phenoxy) is 2. The molecule has 1 aliphatic heterocycles. The third-order valence-corrected chi connectivity index (χ3v) is 4.61. The summed E-state index contributed by atoms with van der Waals surface area (Å²) in [5.74, 6) is 0.677. The summed E-state index contributed by atoms with van der Waals surface area (Å²) in [6, 6.07) is 16.0. The molecule has 1 amide bonds. The van der Waals surface area contributed by atoms with E-state index in [1.54, 1.807) is 7.11 Å². The van der Waals surface area contributed by atoms with Gasteiger partial charge >= 0.3 is 0 Å². The first-order chi connectivity index (χ1) is 12.7. The molecule has 3 rings (SSSR count). The number of aryl methyl sites for hydroxylation is 1. The molecule has 1 atom stereocenters. The summed E-state index contributed by atoms with van der Waals surface area (Å²) >= 11 is 0. The first-order valence-corrected chi connectivity index (χ1v) is 8.99. The number of nitrogens with zero attached hydrogens (tertiary/aromatic N) is 1. The second-order valence-electron chi connectivity index (χ2n) is 6.57. The predicted octanol–water partition coefficient (Wildman–Crippen LogP) is 3.41. The SMILES string of the molecule is COc1ccc(C)cc1NC(=O)CCN1CCO[C@H](c2ccccc2)C1. The lowest BCUT2D eigenvalue weighted by molar-refractivity contribution is -0.117. The minimum Gasteiger partial charge on any atom is -0.495 e.